The summed E-state index contributed by atoms with van der Waals surface area (Å²) < 4.78 is 6.34. The Morgan fingerprint density at radius 2 is 1.67 bits per heavy atom. The van der Waals surface area contributed by atoms with Crippen LogP contribution in [0.15, 0.2) is 76.4 Å². The molecular weight excluding hydrogens is 508 g/mol. The monoisotopic (exact) mass is 534 g/mol. The van der Waals surface area contributed by atoms with Crippen molar-refractivity contribution < 1.29 is 29.6 Å². The van der Waals surface area contributed by atoms with Crippen LogP contribution >= 0.6 is 0 Å². The smallest absolute Gasteiger partial charge is 0.330 e. The van der Waals surface area contributed by atoms with Gasteiger partial charge in [-0.05, 0) is 33.5 Å². The quantitative estimate of drug-likeness (QED) is 0.171. The molecule has 1 aliphatic heterocycles. The molecule has 202 valence electrons. The van der Waals surface area contributed by atoms with Crippen molar-refractivity contribution in [3.8, 4) is 0 Å². The first-order valence-electron chi connectivity index (χ1n) is 12.2. The number of fused-ring (bicyclic) bond motifs is 3. The van der Waals surface area contributed by atoms with Crippen molar-refractivity contribution in [2.45, 2.75) is 43.0 Å². The van der Waals surface area contributed by atoms with Gasteiger partial charge in [0.15, 0.2) is 12.3 Å². The fourth-order valence-corrected chi connectivity index (χ4v) is 4.99. The third-order valence-corrected chi connectivity index (χ3v) is 6.92. The number of benzene rings is 3. The molecule has 4 aromatic rings. The molecule has 0 radical (unpaired) electrons. The van der Waals surface area contributed by atoms with Crippen LogP contribution in [0.2, 0.25) is 0 Å². The fourth-order valence-electron chi connectivity index (χ4n) is 4.99. The number of hydrogen-bond acceptors (Lipinski definition) is 8. The van der Waals surface area contributed by atoms with E-state index in [2.05, 4.69) is 5.32 Å². The summed E-state index contributed by atoms with van der Waals surface area (Å²) >= 11 is 0. The summed E-state index contributed by atoms with van der Waals surface area (Å²) in [6, 6.07) is 15.5. The largest absolute Gasteiger partial charge is 0.480 e. The summed E-state index contributed by atoms with van der Waals surface area (Å²) in [5.41, 5.74) is 5.38. The van der Waals surface area contributed by atoms with Crippen molar-refractivity contribution in [3.05, 3.63) is 93.3 Å². The molecule has 6 atom stereocenters. The number of carbonyl (C=O) groups excluding carboxylic acids is 1. The molecule has 1 aromatic heterocycles. The number of aliphatic carboxylic acids is 1. The van der Waals surface area contributed by atoms with Gasteiger partial charge in [0.2, 0.25) is 5.91 Å². The summed E-state index contributed by atoms with van der Waals surface area (Å²) in [4.78, 5) is 50.6. The minimum atomic E-state index is -1.80. The van der Waals surface area contributed by atoms with Gasteiger partial charge in [0.25, 0.3) is 5.56 Å². The van der Waals surface area contributed by atoms with Gasteiger partial charge >= 0.3 is 11.7 Å². The zero-order valence-corrected chi connectivity index (χ0v) is 20.4. The lowest BCUT2D eigenvalue weighted by Gasteiger charge is -2.25. The van der Waals surface area contributed by atoms with Gasteiger partial charge in [-0.3, -0.25) is 19.1 Å². The maximum absolute atomic E-state index is 13.1. The van der Waals surface area contributed by atoms with Crippen LogP contribution in [0.1, 0.15) is 11.8 Å². The minimum Gasteiger partial charge on any atom is -0.480 e. The number of H-pyrrole nitrogens is 1. The Balaban J connectivity index is 1.37. The number of nitrogens with two attached hydrogens (primary N) is 1. The highest BCUT2D eigenvalue weighted by atomic mass is 16.6. The molecule has 1 fully saturated rings. The van der Waals surface area contributed by atoms with Gasteiger partial charge in [0.05, 0.1) is 6.04 Å². The Morgan fingerprint density at radius 1 is 1.00 bits per heavy atom. The second-order valence-electron chi connectivity index (χ2n) is 9.43. The van der Waals surface area contributed by atoms with Crippen LogP contribution in [0.5, 0.6) is 0 Å². The highest BCUT2D eigenvalue weighted by Gasteiger charge is 2.50. The van der Waals surface area contributed by atoms with E-state index in [9.17, 15) is 34.5 Å². The zero-order chi connectivity index (χ0) is 27.8. The third kappa shape index (κ3) is 4.93. The first-order chi connectivity index (χ1) is 18.7. The lowest BCUT2D eigenvalue weighted by atomic mass is 9.93. The SMILES string of the molecule is N[C@@H](Cc1cc2ccccc2c2ccccc12)C(=O)N[C@@H](C(=O)O)[C@H]1O[C@@H](n2ccc(=O)[nH]c2=O)[C@H](O)[C@@H]1O. The normalized spacial score (nSPS) is 22.5. The maximum atomic E-state index is 13.1. The van der Waals surface area contributed by atoms with Crippen LogP contribution in [0.25, 0.3) is 21.5 Å². The van der Waals surface area contributed by atoms with E-state index >= 15 is 0 Å². The van der Waals surface area contributed by atoms with Crippen molar-refractivity contribution >= 4 is 33.4 Å². The first-order valence-corrected chi connectivity index (χ1v) is 12.2. The van der Waals surface area contributed by atoms with Gasteiger partial charge in [-0.2, -0.15) is 0 Å². The maximum Gasteiger partial charge on any atom is 0.330 e. The average molecular weight is 535 g/mol. The summed E-state index contributed by atoms with van der Waals surface area (Å²) in [6.45, 7) is 0. The van der Waals surface area contributed by atoms with E-state index < -0.39 is 59.7 Å². The van der Waals surface area contributed by atoms with E-state index in [-0.39, 0.29) is 6.42 Å². The Kier molecular flexibility index (Phi) is 7.02. The van der Waals surface area contributed by atoms with Crippen LogP contribution in [0, 0.1) is 0 Å². The first kappa shape index (κ1) is 26.3. The number of carbonyl (C=O) groups is 2. The summed E-state index contributed by atoms with van der Waals surface area (Å²) in [7, 11) is 0. The summed E-state index contributed by atoms with van der Waals surface area (Å²) in [5, 5.41) is 37.0. The van der Waals surface area contributed by atoms with Crippen molar-refractivity contribution in [1.29, 1.82) is 0 Å². The molecule has 0 unspecified atom stereocenters. The van der Waals surface area contributed by atoms with Gasteiger partial charge in [0, 0.05) is 12.3 Å². The van der Waals surface area contributed by atoms with E-state index in [1.165, 1.54) is 0 Å². The van der Waals surface area contributed by atoms with Crippen molar-refractivity contribution in [1.82, 2.24) is 14.9 Å². The highest BCUT2D eigenvalue weighted by molar-refractivity contribution is 6.09. The Labute approximate surface area is 220 Å². The molecular formula is C27H26N4O8. The van der Waals surface area contributed by atoms with Gasteiger partial charge in [-0.25, -0.2) is 9.59 Å². The molecule has 2 heterocycles. The van der Waals surface area contributed by atoms with E-state index in [0.29, 0.717) is 0 Å². The van der Waals surface area contributed by atoms with E-state index in [1.807, 2.05) is 59.6 Å². The van der Waals surface area contributed by atoms with Crippen LogP contribution in [-0.2, 0) is 20.7 Å². The fraction of sp³-hybridized carbons (Fsp3) is 0.259. The lowest BCUT2D eigenvalue weighted by Crippen LogP contribution is -2.56. The van der Waals surface area contributed by atoms with E-state index in [4.69, 9.17) is 10.5 Å². The third-order valence-electron chi connectivity index (χ3n) is 6.92. The number of aromatic nitrogens is 2. The number of aliphatic hydroxyl groups is 2. The van der Waals surface area contributed by atoms with E-state index in [1.54, 1.807) is 0 Å². The van der Waals surface area contributed by atoms with Gasteiger partial charge in [0.1, 0.15) is 18.3 Å². The molecule has 0 bridgehead atoms. The molecule has 5 rings (SSSR count). The van der Waals surface area contributed by atoms with Crippen LogP contribution in [0.4, 0.5) is 0 Å². The molecule has 12 nitrogen and oxygen atoms in total. The number of nitrogens with one attached hydrogen (secondary N) is 2. The molecule has 1 amide bonds. The van der Waals surface area contributed by atoms with Gasteiger partial charge in [-0.1, -0.05) is 54.6 Å². The Morgan fingerprint density at radius 3 is 2.36 bits per heavy atom. The van der Waals surface area contributed by atoms with Crippen LogP contribution in [-0.4, -0.2) is 67.1 Å². The minimum absolute atomic E-state index is 0.0929. The number of carboxylic acid groups (broad SMARTS) is 1. The molecule has 12 heteroatoms. The van der Waals surface area contributed by atoms with Gasteiger partial charge < -0.3 is 31.1 Å². The molecule has 7 N–H and O–H groups in total. The van der Waals surface area contributed by atoms with Crippen molar-refractivity contribution in [3.63, 3.8) is 0 Å². The molecule has 0 aliphatic carbocycles. The number of ether oxygens (including phenoxy) is 1. The van der Waals surface area contributed by atoms with E-state index in [0.717, 1.165) is 43.9 Å². The molecule has 0 saturated carbocycles. The van der Waals surface area contributed by atoms with Crippen LogP contribution < -0.4 is 22.3 Å². The molecule has 1 aliphatic rings. The van der Waals surface area contributed by atoms with Crippen LogP contribution in [0.3, 0.4) is 0 Å². The molecule has 39 heavy (non-hydrogen) atoms. The van der Waals surface area contributed by atoms with Crippen molar-refractivity contribution in [2.24, 2.45) is 5.73 Å². The number of aliphatic hydroxyl groups excluding tert-OH is 2. The number of carboxylic acids is 1. The standard InChI is InChI=1S/C27H26N4O8/c28-18(12-14-11-13-5-1-2-6-15(13)17-8-4-3-7-16(14)17)24(35)30-20(26(36)37)23-21(33)22(34)25(39-23)31-10-9-19(32)29-27(31)38/h1-11,18,20-23,25,33-34H,12,28H2,(H,30,35)(H,36,37)(H,29,32,38)/t18-,20+,21-,22+,23+,25+/m0/s1. The average Bonchev–Trinajstić information content (AvgIpc) is 3.20. The summed E-state index contributed by atoms with van der Waals surface area (Å²) in [5.74, 6) is -2.35. The predicted molar refractivity (Wildman–Crippen MR) is 140 cm³/mol. The highest BCUT2D eigenvalue weighted by Crippen LogP contribution is 2.31. The second-order valence-corrected chi connectivity index (χ2v) is 9.43. The Bertz CT molecular complexity index is 1680. The number of nitrogens with zero attached hydrogens (tertiary/aromatic N) is 1. The molecule has 3 aromatic carbocycles. The molecule has 1 saturated heterocycles. The zero-order valence-electron chi connectivity index (χ0n) is 20.4. The topological polar surface area (TPSA) is 197 Å². The number of aromatic amines is 1. The lowest BCUT2D eigenvalue weighted by molar-refractivity contribution is -0.149. The van der Waals surface area contributed by atoms with Crippen molar-refractivity contribution in [2.75, 3.05) is 0 Å². The second kappa shape index (κ2) is 10.4. The number of hydrogen-bond donors (Lipinski definition) is 6. The number of amides is 1. The predicted octanol–water partition coefficient (Wildman–Crippen LogP) is -0.398. The Hall–Kier alpha value is -4.36. The summed E-state index contributed by atoms with van der Waals surface area (Å²) in [6.07, 6.45) is -5.51. The molecule has 0 spiro atoms. The van der Waals surface area contributed by atoms with Gasteiger partial charge in [-0.15, -0.1) is 0 Å². The number of rotatable bonds is 7.